The highest BCUT2D eigenvalue weighted by atomic mass is 19.4. The second-order valence-corrected chi connectivity index (χ2v) is 10.1. The summed E-state index contributed by atoms with van der Waals surface area (Å²) in [4.78, 5) is 27.2. The van der Waals surface area contributed by atoms with Gasteiger partial charge in [-0.25, -0.2) is 9.48 Å². The van der Waals surface area contributed by atoms with Crippen LogP contribution in [0.5, 0.6) is 0 Å². The summed E-state index contributed by atoms with van der Waals surface area (Å²) in [7, 11) is 0. The van der Waals surface area contributed by atoms with Crippen LogP contribution in [-0.2, 0) is 16.4 Å². The van der Waals surface area contributed by atoms with Crippen molar-refractivity contribution >= 4 is 23.4 Å². The molecule has 0 bridgehead atoms. The van der Waals surface area contributed by atoms with Gasteiger partial charge in [0.05, 0.1) is 16.9 Å². The van der Waals surface area contributed by atoms with Gasteiger partial charge < -0.3 is 15.5 Å². The Morgan fingerprint density at radius 1 is 1.00 bits per heavy atom. The number of carbonyl (C=O) groups is 2. The predicted octanol–water partition coefficient (Wildman–Crippen LogP) is 6.38. The van der Waals surface area contributed by atoms with Crippen LogP contribution in [0.4, 0.5) is 29.5 Å². The Balaban J connectivity index is 1.82. The molecule has 0 aliphatic carbocycles. The van der Waals surface area contributed by atoms with E-state index < -0.39 is 29.7 Å². The minimum Gasteiger partial charge on any atom is -0.313 e. The van der Waals surface area contributed by atoms with Gasteiger partial charge in [0.15, 0.2) is 0 Å². The van der Waals surface area contributed by atoms with E-state index in [0.717, 1.165) is 29.1 Å². The number of aryl methyl sites for hydroxylation is 1. The summed E-state index contributed by atoms with van der Waals surface area (Å²) >= 11 is 0. The van der Waals surface area contributed by atoms with Crippen LogP contribution in [0.25, 0.3) is 5.69 Å². The molecule has 37 heavy (non-hydrogen) atoms. The van der Waals surface area contributed by atoms with Crippen molar-refractivity contribution in [3.05, 3.63) is 71.4 Å². The summed E-state index contributed by atoms with van der Waals surface area (Å²) in [5.74, 6) is -0.0192. The van der Waals surface area contributed by atoms with Crippen LogP contribution >= 0.6 is 0 Å². The molecule has 0 atom stereocenters. The predicted molar refractivity (Wildman–Crippen MR) is 138 cm³/mol. The number of hydrogen-bond donors (Lipinski definition) is 2. The number of halogens is 3. The van der Waals surface area contributed by atoms with E-state index in [0.29, 0.717) is 5.82 Å². The van der Waals surface area contributed by atoms with Gasteiger partial charge in [0.25, 0.3) is 0 Å². The van der Waals surface area contributed by atoms with Crippen molar-refractivity contribution in [2.75, 3.05) is 17.2 Å². The zero-order valence-corrected chi connectivity index (χ0v) is 21.8. The number of aromatic nitrogens is 2. The molecule has 7 nitrogen and oxygen atoms in total. The van der Waals surface area contributed by atoms with E-state index in [1.165, 1.54) is 17.0 Å². The Labute approximate surface area is 214 Å². The maximum Gasteiger partial charge on any atom is 0.416 e. The average Bonchev–Trinajstić information content (AvgIpc) is 3.21. The third kappa shape index (κ3) is 6.90. The largest absolute Gasteiger partial charge is 0.416 e. The Morgan fingerprint density at radius 2 is 1.68 bits per heavy atom. The fourth-order valence-corrected chi connectivity index (χ4v) is 3.62. The number of anilines is 2. The first kappa shape index (κ1) is 27.8. The maximum absolute atomic E-state index is 13.1. The first-order chi connectivity index (χ1) is 17.2. The monoisotopic (exact) mass is 515 g/mol. The number of hydrogen-bond acceptors (Lipinski definition) is 3. The Kier molecular flexibility index (Phi) is 8.00. The molecule has 2 N–H and O–H groups in total. The fourth-order valence-electron chi connectivity index (χ4n) is 3.62. The van der Waals surface area contributed by atoms with E-state index in [9.17, 15) is 22.8 Å². The lowest BCUT2D eigenvalue weighted by atomic mass is 9.92. The first-order valence-electron chi connectivity index (χ1n) is 11.9. The summed E-state index contributed by atoms with van der Waals surface area (Å²) in [6.07, 6.45) is -4.54. The standard InChI is InChI=1S/C27H32F3N5O2/c1-17(2)34(25(37)31-20-12-9-11-19(14-20)27(28,29)30)16-24(36)32-23-15-22(26(4,5)6)33-35(23)21-13-8-7-10-18(21)3/h7-15,17H,16H2,1-6H3,(H,31,37)(H,32,36). The van der Waals surface area contributed by atoms with E-state index >= 15 is 0 Å². The smallest absolute Gasteiger partial charge is 0.313 e. The van der Waals surface area contributed by atoms with Crippen LogP contribution in [0.15, 0.2) is 54.6 Å². The van der Waals surface area contributed by atoms with Crippen molar-refractivity contribution in [2.45, 2.75) is 59.2 Å². The van der Waals surface area contributed by atoms with Crippen molar-refractivity contribution in [1.29, 1.82) is 0 Å². The average molecular weight is 516 g/mol. The van der Waals surface area contributed by atoms with Crippen LogP contribution in [0.2, 0.25) is 0 Å². The van der Waals surface area contributed by atoms with Crippen molar-refractivity contribution in [3.63, 3.8) is 0 Å². The second kappa shape index (κ2) is 10.7. The number of carbonyl (C=O) groups excluding carboxylic acids is 2. The quantitative estimate of drug-likeness (QED) is 0.400. The molecular weight excluding hydrogens is 483 g/mol. The number of nitrogens with zero attached hydrogens (tertiary/aromatic N) is 3. The number of urea groups is 1. The fraction of sp³-hybridized carbons (Fsp3) is 0.370. The molecule has 0 saturated carbocycles. The molecule has 1 aromatic heterocycles. The Hall–Kier alpha value is -3.82. The highest BCUT2D eigenvalue weighted by Crippen LogP contribution is 2.31. The summed E-state index contributed by atoms with van der Waals surface area (Å²) in [5.41, 5.74) is 1.37. The number of amides is 3. The maximum atomic E-state index is 13.1. The van der Waals surface area contributed by atoms with Crippen molar-refractivity contribution in [1.82, 2.24) is 14.7 Å². The van der Waals surface area contributed by atoms with E-state index in [2.05, 4.69) is 10.6 Å². The van der Waals surface area contributed by atoms with Crippen LogP contribution in [0.1, 0.15) is 51.4 Å². The molecule has 1 heterocycles. The molecule has 3 aromatic rings. The van der Waals surface area contributed by atoms with Gasteiger partial charge in [0.1, 0.15) is 12.4 Å². The second-order valence-electron chi connectivity index (χ2n) is 10.1. The molecule has 0 unspecified atom stereocenters. The van der Waals surface area contributed by atoms with E-state index in [-0.39, 0.29) is 17.6 Å². The first-order valence-corrected chi connectivity index (χ1v) is 11.9. The van der Waals surface area contributed by atoms with Gasteiger partial charge in [0, 0.05) is 23.2 Å². The van der Waals surface area contributed by atoms with Crippen LogP contribution in [0, 0.1) is 6.92 Å². The molecule has 3 amide bonds. The number of alkyl halides is 3. The minimum absolute atomic E-state index is 0.0154. The summed E-state index contributed by atoms with van der Waals surface area (Å²) in [6, 6.07) is 12.7. The minimum atomic E-state index is -4.54. The topological polar surface area (TPSA) is 79.3 Å². The van der Waals surface area contributed by atoms with Crippen LogP contribution in [0.3, 0.4) is 0 Å². The number of rotatable bonds is 6. The van der Waals surface area contributed by atoms with E-state index in [1.54, 1.807) is 24.6 Å². The van der Waals surface area contributed by atoms with Gasteiger partial charge in [-0.05, 0) is 50.6 Å². The molecule has 0 aliphatic heterocycles. The van der Waals surface area contributed by atoms with Gasteiger partial charge in [-0.2, -0.15) is 18.3 Å². The normalized spacial score (nSPS) is 11.9. The third-order valence-corrected chi connectivity index (χ3v) is 5.73. The lowest BCUT2D eigenvalue weighted by Crippen LogP contribution is -2.44. The van der Waals surface area contributed by atoms with Crippen LogP contribution < -0.4 is 10.6 Å². The van der Waals surface area contributed by atoms with Crippen molar-refractivity contribution in [3.8, 4) is 5.69 Å². The third-order valence-electron chi connectivity index (χ3n) is 5.73. The van der Waals surface area contributed by atoms with E-state index in [4.69, 9.17) is 5.10 Å². The highest BCUT2D eigenvalue weighted by molar-refractivity contribution is 5.97. The highest BCUT2D eigenvalue weighted by Gasteiger charge is 2.31. The van der Waals surface area contributed by atoms with Crippen molar-refractivity contribution < 1.29 is 22.8 Å². The Morgan fingerprint density at radius 3 is 2.27 bits per heavy atom. The number of para-hydroxylation sites is 1. The molecule has 2 aromatic carbocycles. The summed E-state index contributed by atoms with van der Waals surface area (Å²) in [6.45, 7) is 11.1. The molecule has 0 spiro atoms. The lowest BCUT2D eigenvalue weighted by Gasteiger charge is -2.26. The van der Waals surface area contributed by atoms with Crippen molar-refractivity contribution in [2.24, 2.45) is 0 Å². The molecule has 0 aliphatic rings. The van der Waals surface area contributed by atoms with Gasteiger partial charge in [-0.1, -0.05) is 45.0 Å². The zero-order valence-electron chi connectivity index (χ0n) is 21.8. The number of nitrogens with one attached hydrogen (secondary N) is 2. The SMILES string of the molecule is Cc1ccccc1-n1nc(C(C)(C)C)cc1NC(=O)CN(C(=O)Nc1cccc(C(F)(F)F)c1)C(C)C. The Bertz CT molecular complexity index is 1280. The summed E-state index contributed by atoms with van der Waals surface area (Å²) < 4.78 is 40.8. The van der Waals surface area contributed by atoms with Gasteiger partial charge in [0.2, 0.25) is 5.91 Å². The number of benzene rings is 2. The molecule has 198 valence electrons. The molecule has 10 heteroatoms. The zero-order chi connectivity index (χ0) is 27.5. The lowest BCUT2D eigenvalue weighted by molar-refractivity contribution is -0.137. The van der Waals surface area contributed by atoms with Gasteiger partial charge in [-0.15, -0.1) is 0 Å². The van der Waals surface area contributed by atoms with Gasteiger partial charge in [-0.3, -0.25) is 4.79 Å². The van der Waals surface area contributed by atoms with Gasteiger partial charge >= 0.3 is 12.2 Å². The molecule has 0 saturated heterocycles. The molecule has 0 radical (unpaired) electrons. The molecule has 3 rings (SSSR count). The van der Waals surface area contributed by atoms with Crippen LogP contribution in [-0.4, -0.2) is 39.2 Å². The molecule has 0 fully saturated rings. The van der Waals surface area contributed by atoms with E-state index in [1.807, 2.05) is 52.0 Å². The molecular formula is C27H32F3N5O2. The summed E-state index contributed by atoms with van der Waals surface area (Å²) in [5, 5.41) is 10.0.